The number of aromatic hydroxyl groups is 1. The van der Waals surface area contributed by atoms with Crippen LogP contribution < -0.4 is 5.32 Å². The van der Waals surface area contributed by atoms with E-state index in [9.17, 15) is 9.90 Å². The molecule has 1 saturated heterocycles. The quantitative estimate of drug-likeness (QED) is 0.182. The van der Waals surface area contributed by atoms with Gasteiger partial charge in [-0.3, -0.25) is 14.7 Å². The van der Waals surface area contributed by atoms with E-state index in [4.69, 9.17) is 4.99 Å². The van der Waals surface area contributed by atoms with Crippen molar-refractivity contribution in [3.05, 3.63) is 125 Å². The molecule has 2 aromatic heterocycles. The van der Waals surface area contributed by atoms with Crippen molar-refractivity contribution in [1.29, 1.82) is 0 Å². The molecule has 1 amide bonds. The molecule has 3 N–H and O–H groups in total. The van der Waals surface area contributed by atoms with Crippen LogP contribution in [0, 0.1) is 0 Å². The second-order valence-electron chi connectivity index (χ2n) is 11.4. The molecule has 224 valence electrons. The van der Waals surface area contributed by atoms with Gasteiger partial charge in [0.05, 0.1) is 23.0 Å². The number of fused-ring (bicyclic) bond motifs is 1. The molecule has 1 aliphatic heterocycles. The highest BCUT2D eigenvalue weighted by atomic mass is 16.3. The molecular formula is C36H38N6O2. The number of pyridine rings is 1. The van der Waals surface area contributed by atoms with Crippen LogP contribution in [0.4, 0.5) is 5.69 Å². The molecular weight excluding hydrogens is 548 g/mol. The van der Waals surface area contributed by atoms with Gasteiger partial charge in [0.15, 0.2) is 5.88 Å². The Kier molecular flexibility index (Phi) is 8.81. The Morgan fingerprint density at radius 3 is 2.55 bits per heavy atom. The van der Waals surface area contributed by atoms with Gasteiger partial charge in [-0.15, -0.1) is 0 Å². The molecule has 0 unspecified atom stereocenters. The molecule has 44 heavy (non-hydrogen) atoms. The minimum absolute atomic E-state index is 0.00975. The predicted molar refractivity (Wildman–Crippen MR) is 176 cm³/mol. The zero-order valence-corrected chi connectivity index (χ0v) is 25.2. The third-order valence-electron chi connectivity index (χ3n) is 8.28. The van der Waals surface area contributed by atoms with Crippen LogP contribution in [0.3, 0.4) is 0 Å². The Morgan fingerprint density at radius 1 is 0.977 bits per heavy atom. The standard InChI is InChI=1S/C36H38N6O2/c1-3-31(26-10-5-4-6-11-26)39-35(43)27-14-15-32-30(22-27)33(36(44)40-32)34(28-12-8-16-37-23-28)38-29-13-7-9-25(21-29)24-42-19-17-41(2)18-20-42/h4-16,21-23,31,40,44H,3,17-20,24H2,1-2H3,(H,39,43)/t31-/m1/s1. The lowest BCUT2D eigenvalue weighted by Gasteiger charge is -2.32. The van der Waals surface area contributed by atoms with E-state index in [-0.39, 0.29) is 17.8 Å². The molecule has 8 nitrogen and oxygen atoms in total. The van der Waals surface area contributed by atoms with Gasteiger partial charge in [-0.25, -0.2) is 4.99 Å². The smallest absolute Gasteiger partial charge is 0.251 e. The van der Waals surface area contributed by atoms with Gasteiger partial charge in [-0.2, -0.15) is 0 Å². The third kappa shape index (κ3) is 6.56. The van der Waals surface area contributed by atoms with Crippen LogP contribution in [0.1, 0.15) is 52.0 Å². The molecule has 1 aliphatic rings. The summed E-state index contributed by atoms with van der Waals surface area (Å²) in [6.07, 6.45) is 4.22. The van der Waals surface area contributed by atoms with Crippen LogP contribution in [0.25, 0.3) is 10.9 Å². The minimum Gasteiger partial charge on any atom is -0.494 e. The molecule has 6 rings (SSSR count). The topological polar surface area (TPSA) is 96.8 Å². The number of likely N-dealkylation sites (N-methyl/N-ethyl adjacent to an activating group) is 1. The predicted octanol–water partition coefficient (Wildman–Crippen LogP) is 6.07. The first-order valence-electron chi connectivity index (χ1n) is 15.2. The summed E-state index contributed by atoms with van der Waals surface area (Å²) in [5, 5.41) is 15.1. The minimum atomic E-state index is -0.175. The highest BCUT2D eigenvalue weighted by Gasteiger charge is 2.22. The van der Waals surface area contributed by atoms with Gasteiger partial charge in [0.25, 0.3) is 5.91 Å². The van der Waals surface area contributed by atoms with Crippen molar-refractivity contribution < 1.29 is 9.90 Å². The monoisotopic (exact) mass is 586 g/mol. The van der Waals surface area contributed by atoms with Gasteiger partial charge < -0.3 is 20.3 Å². The molecule has 3 aromatic carbocycles. The van der Waals surface area contributed by atoms with Crippen molar-refractivity contribution in [2.45, 2.75) is 25.9 Å². The van der Waals surface area contributed by atoms with Crippen LogP contribution in [0.15, 0.2) is 102 Å². The maximum Gasteiger partial charge on any atom is 0.251 e. The van der Waals surface area contributed by atoms with E-state index in [1.54, 1.807) is 18.5 Å². The molecule has 0 saturated carbocycles. The average molecular weight is 587 g/mol. The summed E-state index contributed by atoms with van der Waals surface area (Å²) in [7, 11) is 2.16. The summed E-state index contributed by atoms with van der Waals surface area (Å²) in [4.78, 5) is 30.8. The highest BCUT2D eigenvalue weighted by Crippen LogP contribution is 2.32. The van der Waals surface area contributed by atoms with Crippen molar-refractivity contribution >= 4 is 28.2 Å². The van der Waals surface area contributed by atoms with Gasteiger partial charge in [0, 0.05) is 67.1 Å². The lowest BCUT2D eigenvalue weighted by molar-refractivity contribution is 0.0935. The van der Waals surface area contributed by atoms with E-state index >= 15 is 0 Å². The summed E-state index contributed by atoms with van der Waals surface area (Å²) in [6, 6.07) is 27.3. The SMILES string of the molecule is CC[C@@H](NC(=O)c1ccc2[nH]c(O)c(C(=Nc3cccc(CN4CCN(C)CC4)c3)c3cccnc3)c2c1)c1ccccc1. The largest absolute Gasteiger partial charge is 0.494 e. The summed E-state index contributed by atoms with van der Waals surface area (Å²) in [6.45, 7) is 7.11. The van der Waals surface area contributed by atoms with E-state index in [0.29, 0.717) is 27.7 Å². The second kappa shape index (κ2) is 13.2. The highest BCUT2D eigenvalue weighted by molar-refractivity contribution is 6.22. The number of rotatable bonds is 9. The number of H-pyrrole nitrogens is 1. The van der Waals surface area contributed by atoms with E-state index in [1.165, 1.54) is 5.56 Å². The number of carbonyl (C=O) groups excluding carboxylic acids is 1. The van der Waals surface area contributed by atoms with Crippen molar-refractivity contribution in [2.24, 2.45) is 4.99 Å². The normalized spacial score (nSPS) is 15.4. The summed E-state index contributed by atoms with van der Waals surface area (Å²) in [5.41, 5.74) is 6.12. The fourth-order valence-corrected chi connectivity index (χ4v) is 5.79. The Bertz CT molecular complexity index is 1760. The lowest BCUT2D eigenvalue weighted by Crippen LogP contribution is -2.43. The van der Waals surface area contributed by atoms with Crippen LogP contribution in [0.5, 0.6) is 5.88 Å². The number of benzene rings is 3. The zero-order valence-electron chi connectivity index (χ0n) is 25.2. The van der Waals surface area contributed by atoms with Crippen LogP contribution in [-0.4, -0.2) is 69.7 Å². The molecule has 1 fully saturated rings. The van der Waals surface area contributed by atoms with Crippen molar-refractivity contribution in [2.75, 3.05) is 33.2 Å². The van der Waals surface area contributed by atoms with Crippen molar-refractivity contribution in [3.8, 4) is 5.88 Å². The second-order valence-corrected chi connectivity index (χ2v) is 11.4. The van der Waals surface area contributed by atoms with Gasteiger partial charge >= 0.3 is 0 Å². The van der Waals surface area contributed by atoms with Gasteiger partial charge in [-0.1, -0.05) is 49.4 Å². The average Bonchev–Trinajstić information content (AvgIpc) is 3.39. The number of nitrogens with one attached hydrogen (secondary N) is 2. The molecule has 0 bridgehead atoms. The number of nitrogens with zero attached hydrogens (tertiary/aromatic N) is 4. The Labute approximate surface area is 258 Å². The molecule has 3 heterocycles. The van der Waals surface area contributed by atoms with Gasteiger partial charge in [0.1, 0.15) is 0 Å². The number of carbonyl (C=O) groups is 1. The van der Waals surface area contributed by atoms with Crippen molar-refractivity contribution in [1.82, 2.24) is 25.1 Å². The van der Waals surface area contributed by atoms with E-state index in [1.807, 2.05) is 66.7 Å². The fourth-order valence-electron chi connectivity index (χ4n) is 5.79. The number of hydrogen-bond acceptors (Lipinski definition) is 6. The molecule has 0 spiro atoms. The number of amides is 1. The van der Waals surface area contributed by atoms with E-state index in [2.05, 4.69) is 51.2 Å². The maximum absolute atomic E-state index is 13.5. The van der Waals surface area contributed by atoms with Crippen molar-refractivity contribution in [3.63, 3.8) is 0 Å². The first-order valence-corrected chi connectivity index (χ1v) is 15.2. The number of piperazine rings is 1. The maximum atomic E-state index is 13.5. The van der Waals surface area contributed by atoms with Gasteiger partial charge in [-0.05, 0) is 67.1 Å². The molecule has 8 heteroatoms. The summed E-state index contributed by atoms with van der Waals surface area (Å²) in [5.74, 6) is -0.185. The Morgan fingerprint density at radius 2 is 1.80 bits per heavy atom. The summed E-state index contributed by atoms with van der Waals surface area (Å²) < 4.78 is 0. The molecule has 1 atom stereocenters. The molecule has 5 aromatic rings. The zero-order chi connectivity index (χ0) is 30.5. The lowest BCUT2D eigenvalue weighted by atomic mass is 10.00. The number of aromatic nitrogens is 2. The number of hydrogen-bond donors (Lipinski definition) is 3. The molecule has 0 aliphatic carbocycles. The van der Waals surface area contributed by atoms with Crippen LogP contribution in [-0.2, 0) is 6.54 Å². The van der Waals surface area contributed by atoms with E-state index < -0.39 is 0 Å². The van der Waals surface area contributed by atoms with Crippen LogP contribution >= 0.6 is 0 Å². The first kappa shape index (κ1) is 29.3. The molecule has 0 radical (unpaired) electrons. The van der Waals surface area contributed by atoms with E-state index in [0.717, 1.165) is 56.0 Å². The Balaban J connectivity index is 1.36. The Hall–Kier alpha value is -4.79. The first-order chi connectivity index (χ1) is 21.5. The number of aromatic amines is 1. The summed E-state index contributed by atoms with van der Waals surface area (Å²) >= 11 is 0. The van der Waals surface area contributed by atoms with Crippen LogP contribution in [0.2, 0.25) is 0 Å². The van der Waals surface area contributed by atoms with Gasteiger partial charge in [0.2, 0.25) is 0 Å². The number of aliphatic imine (C=N–C) groups is 1. The third-order valence-corrected chi connectivity index (χ3v) is 8.28. The fraction of sp³-hybridized carbons (Fsp3) is 0.250.